The van der Waals surface area contributed by atoms with Gasteiger partial charge in [-0.2, -0.15) is 0 Å². The molecule has 0 aliphatic heterocycles. The molecule has 1 amide bonds. The van der Waals surface area contributed by atoms with Gasteiger partial charge < -0.3 is 10.0 Å². The van der Waals surface area contributed by atoms with E-state index in [9.17, 15) is 9.59 Å². The van der Waals surface area contributed by atoms with E-state index in [1.165, 1.54) is 0 Å². The Morgan fingerprint density at radius 3 is 2.50 bits per heavy atom. The van der Waals surface area contributed by atoms with Crippen LogP contribution in [0.25, 0.3) is 0 Å². The lowest BCUT2D eigenvalue weighted by Gasteiger charge is -2.27. The maximum Gasteiger partial charge on any atom is 0.323 e. The molecule has 4 heteroatoms. The first-order valence-corrected chi connectivity index (χ1v) is 6.02. The maximum absolute atomic E-state index is 12.2. The topological polar surface area (TPSA) is 57.6 Å². The molecular formula is C12H19NO3. The second kappa shape index (κ2) is 3.75. The minimum atomic E-state index is -0.917. The predicted octanol–water partition coefficient (Wildman–Crippen LogP) is 1.50. The third-order valence-electron chi connectivity index (χ3n) is 4.09. The van der Waals surface area contributed by atoms with Gasteiger partial charge in [0.15, 0.2) is 0 Å². The summed E-state index contributed by atoms with van der Waals surface area (Å²) in [6, 6.07) is 0.0278. The van der Waals surface area contributed by atoms with Gasteiger partial charge in [0.25, 0.3) is 0 Å². The summed E-state index contributed by atoms with van der Waals surface area (Å²) in [4.78, 5) is 24.5. The minimum Gasteiger partial charge on any atom is -0.480 e. The van der Waals surface area contributed by atoms with Crippen LogP contribution in [0.15, 0.2) is 0 Å². The molecule has 90 valence electrons. The second-order valence-electron chi connectivity index (χ2n) is 5.24. The van der Waals surface area contributed by atoms with Gasteiger partial charge in [-0.05, 0) is 38.0 Å². The molecule has 2 aliphatic carbocycles. The highest BCUT2D eigenvalue weighted by molar-refractivity contribution is 5.86. The van der Waals surface area contributed by atoms with Crippen LogP contribution in [-0.2, 0) is 9.59 Å². The second-order valence-corrected chi connectivity index (χ2v) is 5.24. The zero-order valence-electron chi connectivity index (χ0n) is 9.90. The van der Waals surface area contributed by atoms with Crippen LogP contribution in [0.2, 0.25) is 0 Å². The third-order valence-corrected chi connectivity index (χ3v) is 4.09. The summed E-state index contributed by atoms with van der Waals surface area (Å²) in [5.74, 6) is -0.728. The van der Waals surface area contributed by atoms with Gasteiger partial charge in [-0.1, -0.05) is 6.92 Å². The Balaban J connectivity index is 2.00. The van der Waals surface area contributed by atoms with Crippen molar-refractivity contribution in [3.8, 4) is 0 Å². The van der Waals surface area contributed by atoms with Crippen molar-refractivity contribution in [2.75, 3.05) is 6.54 Å². The van der Waals surface area contributed by atoms with Gasteiger partial charge >= 0.3 is 5.97 Å². The molecule has 0 heterocycles. The molecular weight excluding hydrogens is 206 g/mol. The van der Waals surface area contributed by atoms with Crippen LogP contribution in [0, 0.1) is 11.3 Å². The monoisotopic (exact) mass is 225 g/mol. The van der Waals surface area contributed by atoms with Crippen LogP contribution in [0.1, 0.15) is 39.5 Å². The number of carbonyl (C=O) groups is 2. The van der Waals surface area contributed by atoms with Crippen LogP contribution < -0.4 is 0 Å². The smallest absolute Gasteiger partial charge is 0.323 e. The van der Waals surface area contributed by atoms with Gasteiger partial charge in [0.2, 0.25) is 5.91 Å². The van der Waals surface area contributed by atoms with Crippen molar-refractivity contribution in [1.29, 1.82) is 0 Å². The fraction of sp³-hybridized carbons (Fsp3) is 0.833. The van der Waals surface area contributed by atoms with Gasteiger partial charge in [0.05, 0.1) is 0 Å². The molecule has 0 saturated heterocycles. The molecule has 1 N–H and O–H groups in total. The minimum absolute atomic E-state index is 0.0278. The number of carboxylic acid groups (broad SMARTS) is 1. The average molecular weight is 225 g/mol. The summed E-state index contributed by atoms with van der Waals surface area (Å²) >= 11 is 0. The van der Waals surface area contributed by atoms with Crippen molar-refractivity contribution in [2.45, 2.75) is 45.6 Å². The Kier molecular flexibility index (Phi) is 2.68. The van der Waals surface area contributed by atoms with E-state index in [1.807, 2.05) is 13.8 Å². The average Bonchev–Trinajstić information content (AvgIpc) is 3.14. The first kappa shape index (κ1) is 11.4. The molecule has 2 unspecified atom stereocenters. The van der Waals surface area contributed by atoms with E-state index < -0.39 is 5.97 Å². The standard InChI is InChI=1S/C12H19NO3/c1-3-8(2)13(7-10(14)15)11(16)9-6-12(9)4-5-12/h8-9H,3-7H2,1-2H3,(H,14,15). The Bertz CT molecular complexity index is 322. The van der Waals surface area contributed by atoms with Crippen molar-refractivity contribution in [2.24, 2.45) is 11.3 Å². The van der Waals surface area contributed by atoms with Gasteiger partial charge in [0.1, 0.15) is 6.54 Å². The van der Waals surface area contributed by atoms with E-state index in [0.717, 1.165) is 25.7 Å². The van der Waals surface area contributed by atoms with Crippen LogP contribution in [0.4, 0.5) is 0 Å². The maximum atomic E-state index is 12.2. The largest absolute Gasteiger partial charge is 0.480 e. The zero-order valence-corrected chi connectivity index (χ0v) is 9.90. The molecule has 2 rings (SSSR count). The molecule has 16 heavy (non-hydrogen) atoms. The lowest BCUT2D eigenvalue weighted by molar-refractivity contribution is -0.146. The normalized spacial score (nSPS) is 26.2. The molecule has 2 fully saturated rings. The van der Waals surface area contributed by atoms with Gasteiger partial charge in [0, 0.05) is 12.0 Å². The van der Waals surface area contributed by atoms with Gasteiger partial charge in [-0.25, -0.2) is 0 Å². The Morgan fingerprint density at radius 1 is 1.50 bits per heavy atom. The van der Waals surface area contributed by atoms with E-state index in [4.69, 9.17) is 5.11 Å². The molecule has 0 bridgehead atoms. The number of aliphatic carboxylic acids is 1. The summed E-state index contributed by atoms with van der Waals surface area (Å²) in [5.41, 5.74) is 0.307. The molecule has 0 radical (unpaired) electrons. The molecule has 2 saturated carbocycles. The lowest BCUT2D eigenvalue weighted by Crippen LogP contribution is -2.43. The third kappa shape index (κ3) is 1.93. The Hall–Kier alpha value is -1.06. The fourth-order valence-corrected chi connectivity index (χ4v) is 2.43. The molecule has 2 atom stereocenters. The number of carbonyl (C=O) groups excluding carboxylic acids is 1. The molecule has 2 aliphatic rings. The molecule has 1 spiro atoms. The number of hydrogen-bond acceptors (Lipinski definition) is 2. The van der Waals surface area contributed by atoms with Gasteiger partial charge in [-0.3, -0.25) is 9.59 Å². The first-order valence-electron chi connectivity index (χ1n) is 6.02. The number of hydrogen-bond donors (Lipinski definition) is 1. The molecule has 0 aromatic heterocycles. The SMILES string of the molecule is CCC(C)N(CC(=O)O)C(=O)C1CC12CC2. The van der Waals surface area contributed by atoms with E-state index in [0.29, 0.717) is 5.41 Å². The van der Waals surface area contributed by atoms with Crippen molar-refractivity contribution in [1.82, 2.24) is 4.90 Å². The number of carboxylic acids is 1. The Labute approximate surface area is 95.6 Å². The molecule has 0 aromatic carbocycles. The number of amides is 1. The van der Waals surface area contributed by atoms with Crippen molar-refractivity contribution < 1.29 is 14.7 Å². The summed E-state index contributed by atoms with van der Waals surface area (Å²) in [6.07, 6.45) is 4.10. The van der Waals surface area contributed by atoms with Crippen molar-refractivity contribution in [3.05, 3.63) is 0 Å². The fourth-order valence-electron chi connectivity index (χ4n) is 2.43. The summed E-state index contributed by atoms with van der Waals surface area (Å²) < 4.78 is 0. The van der Waals surface area contributed by atoms with E-state index in [1.54, 1.807) is 4.90 Å². The quantitative estimate of drug-likeness (QED) is 0.771. The zero-order chi connectivity index (χ0) is 11.9. The first-order chi connectivity index (χ1) is 7.50. The Morgan fingerprint density at radius 2 is 2.12 bits per heavy atom. The van der Waals surface area contributed by atoms with Crippen LogP contribution in [0.5, 0.6) is 0 Å². The predicted molar refractivity (Wildman–Crippen MR) is 58.9 cm³/mol. The van der Waals surface area contributed by atoms with E-state index in [2.05, 4.69) is 0 Å². The van der Waals surface area contributed by atoms with Crippen molar-refractivity contribution in [3.63, 3.8) is 0 Å². The van der Waals surface area contributed by atoms with E-state index >= 15 is 0 Å². The molecule has 0 aromatic rings. The highest BCUT2D eigenvalue weighted by Crippen LogP contribution is 2.71. The molecule has 4 nitrogen and oxygen atoms in total. The van der Waals surface area contributed by atoms with Crippen molar-refractivity contribution >= 4 is 11.9 Å². The lowest BCUT2D eigenvalue weighted by atomic mass is 10.1. The number of rotatable bonds is 5. The van der Waals surface area contributed by atoms with Crippen LogP contribution in [-0.4, -0.2) is 34.5 Å². The van der Waals surface area contributed by atoms with E-state index in [-0.39, 0.29) is 24.4 Å². The number of nitrogens with zero attached hydrogens (tertiary/aromatic N) is 1. The van der Waals surface area contributed by atoms with Crippen LogP contribution in [0.3, 0.4) is 0 Å². The summed E-state index contributed by atoms with van der Waals surface area (Å²) in [6.45, 7) is 3.75. The van der Waals surface area contributed by atoms with Crippen LogP contribution >= 0.6 is 0 Å². The summed E-state index contributed by atoms with van der Waals surface area (Å²) in [7, 11) is 0. The highest BCUT2D eigenvalue weighted by atomic mass is 16.4. The highest BCUT2D eigenvalue weighted by Gasteiger charge is 2.66. The summed E-state index contributed by atoms with van der Waals surface area (Å²) in [5, 5.41) is 8.83. The van der Waals surface area contributed by atoms with Gasteiger partial charge in [-0.15, -0.1) is 0 Å².